The summed E-state index contributed by atoms with van der Waals surface area (Å²) in [6.07, 6.45) is 12.8. The molecule has 1 unspecified atom stereocenters. The van der Waals surface area contributed by atoms with E-state index < -0.39 is 0 Å². The lowest BCUT2D eigenvalue weighted by molar-refractivity contribution is 0.745. The van der Waals surface area contributed by atoms with Crippen LogP contribution in [0.1, 0.15) is 18.9 Å². The van der Waals surface area contributed by atoms with E-state index in [1.54, 1.807) is 12.4 Å². The molecule has 1 aromatic rings. The third-order valence-corrected chi connectivity index (χ3v) is 2.40. The molecule has 76 valence electrons. The largest absolute Gasteiger partial charge is 0.265 e. The molecule has 0 spiro atoms. The molecule has 1 aliphatic rings. The van der Waals surface area contributed by atoms with Crippen molar-refractivity contribution in [3.8, 4) is 0 Å². The molecule has 0 N–H and O–H groups in total. The lowest BCUT2D eigenvalue weighted by Crippen LogP contribution is -1.91. The van der Waals surface area contributed by atoms with Crippen LogP contribution in [0.5, 0.6) is 0 Å². The topological polar surface area (TPSA) is 25.2 Å². The Labute approximate surface area is 90.1 Å². The molecule has 0 aliphatic carbocycles. The fourth-order valence-electron chi connectivity index (χ4n) is 1.51. The Kier molecular flexibility index (Phi) is 3.08. The van der Waals surface area contributed by atoms with Gasteiger partial charge >= 0.3 is 0 Å². The Morgan fingerprint density at radius 3 is 2.87 bits per heavy atom. The van der Waals surface area contributed by atoms with Gasteiger partial charge in [-0.25, -0.2) is 0 Å². The van der Waals surface area contributed by atoms with E-state index in [1.807, 2.05) is 24.4 Å². The summed E-state index contributed by atoms with van der Waals surface area (Å²) in [6.45, 7) is 2.20. The van der Waals surface area contributed by atoms with Crippen molar-refractivity contribution in [1.29, 1.82) is 0 Å². The van der Waals surface area contributed by atoms with Gasteiger partial charge in [0.2, 0.25) is 0 Å². The summed E-state index contributed by atoms with van der Waals surface area (Å²) in [5.41, 5.74) is 2.16. The predicted molar refractivity (Wildman–Crippen MR) is 63.6 cm³/mol. The lowest BCUT2D eigenvalue weighted by atomic mass is 10.0. The van der Waals surface area contributed by atoms with E-state index in [4.69, 9.17) is 0 Å². The van der Waals surface area contributed by atoms with Gasteiger partial charge in [0.15, 0.2) is 0 Å². The Hall–Kier alpha value is -1.70. The third kappa shape index (κ3) is 2.62. The number of aliphatic imine (C=N–C) groups is 1. The minimum Gasteiger partial charge on any atom is -0.265 e. The van der Waals surface area contributed by atoms with Crippen molar-refractivity contribution in [1.82, 2.24) is 4.98 Å². The zero-order valence-electron chi connectivity index (χ0n) is 8.80. The lowest BCUT2D eigenvalue weighted by Gasteiger charge is -2.06. The summed E-state index contributed by atoms with van der Waals surface area (Å²) in [6, 6.07) is 3.97. The van der Waals surface area contributed by atoms with Crippen LogP contribution < -0.4 is 0 Å². The fourth-order valence-corrected chi connectivity index (χ4v) is 1.51. The second kappa shape index (κ2) is 4.69. The van der Waals surface area contributed by atoms with Crippen molar-refractivity contribution in [2.75, 3.05) is 0 Å². The van der Waals surface area contributed by atoms with Crippen LogP contribution in [0.2, 0.25) is 0 Å². The number of hydrogen-bond donors (Lipinski definition) is 0. The van der Waals surface area contributed by atoms with Crippen molar-refractivity contribution < 1.29 is 0 Å². The van der Waals surface area contributed by atoms with E-state index in [9.17, 15) is 0 Å². The van der Waals surface area contributed by atoms with Gasteiger partial charge in [-0.05, 0) is 30.5 Å². The highest BCUT2D eigenvalue weighted by Crippen LogP contribution is 2.18. The molecule has 1 aromatic heterocycles. The summed E-state index contributed by atoms with van der Waals surface area (Å²) in [5.74, 6) is 0.577. The molecular weight excluding hydrogens is 184 g/mol. The van der Waals surface area contributed by atoms with Crippen molar-refractivity contribution in [2.24, 2.45) is 10.9 Å². The van der Waals surface area contributed by atoms with E-state index in [2.05, 4.69) is 29.1 Å². The van der Waals surface area contributed by atoms with Crippen LogP contribution in [-0.4, -0.2) is 11.2 Å². The summed E-state index contributed by atoms with van der Waals surface area (Å²) in [4.78, 5) is 8.41. The zero-order valence-corrected chi connectivity index (χ0v) is 8.80. The predicted octanol–water partition coefficient (Wildman–Crippen LogP) is 3.09. The number of allylic oxidation sites excluding steroid dienone is 3. The molecule has 0 amide bonds. The highest BCUT2D eigenvalue weighted by Gasteiger charge is 2.01. The van der Waals surface area contributed by atoms with Crippen molar-refractivity contribution in [3.05, 3.63) is 48.3 Å². The van der Waals surface area contributed by atoms with E-state index >= 15 is 0 Å². The van der Waals surface area contributed by atoms with Crippen LogP contribution in [0.4, 0.5) is 0 Å². The van der Waals surface area contributed by atoms with Gasteiger partial charge in [0.25, 0.3) is 0 Å². The Bertz CT molecular complexity index is 402. The first-order valence-corrected chi connectivity index (χ1v) is 5.17. The second-order valence-corrected chi connectivity index (χ2v) is 3.70. The van der Waals surface area contributed by atoms with Crippen LogP contribution in [0, 0.1) is 5.92 Å². The van der Waals surface area contributed by atoms with Gasteiger partial charge in [-0.1, -0.05) is 19.1 Å². The SMILES string of the molecule is CC1\C=C/C=N/C(c2ccncc2)=C/C1. The second-order valence-electron chi connectivity index (χ2n) is 3.70. The number of hydrogen-bond acceptors (Lipinski definition) is 2. The van der Waals surface area contributed by atoms with Crippen LogP contribution in [0.25, 0.3) is 5.70 Å². The smallest absolute Gasteiger partial charge is 0.0663 e. The van der Waals surface area contributed by atoms with E-state index in [0.29, 0.717) is 5.92 Å². The van der Waals surface area contributed by atoms with Gasteiger partial charge in [-0.3, -0.25) is 9.98 Å². The van der Waals surface area contributed by atoms with Gasteiger partial charge in [-0.2, -0.15) is 0 Å². The Morgan fingerprint density at radius 2 is 2.07 bits per heavy atom. The van der Waals surface area contributed by atoms with Crippen molar-refractivity contribution >= 4 is 11.9 Å². The maximum absolute atomic E-state index is 4.41. The minimum absolute atomic E-state index is 0.577. The van der Waals surface area contributed by atoms with Gasteiger partial charge in [0.1, 0.15) is 0 Å². The van der Waals surface area contributed by atoms with E-state index in [1.165, 1.54) is 0 Å². The summed E-state index contributed by atoms with van der Waals surface area (Å²) < 4.78 is 0. The van der Waals surface area contributed by atoms with Crippen LogP contribution in [0.15, 0.2) is 47.7 Å². The quantitative estimate of drug-likeness (QED) is 0.680. The molecule has 2 nitrogen and oxygen atoms in total. The standard InChI is InChI=1S/C13H14N2/c1-11-3-2-8-15-13(5-4-11)12-6-9-14-10-7-12/h2-3,5-11H,4H2,1H3/b3-2-,13-5+,15-8+. The molecule has 0 fully saturated rings. The van der Waals surface area contributed by atoms with Gasteiger partial charge in [0.05, 0.1) is 5.70 Å². The van der Waals surface area contributed by atoms with E-state index in [0.717, 1.165) is 17.7 Å². The van der Waals surface area contributed by atoms with Crippen molar-refractivity contribution in [2.45, 2.75) is 13.3 Å². The highest BCUT2D eigenvalue weighted by atomic mass is 14.7. The zero-order chi connectivity index (χ0) is 10.5. The maximum Gasteiger partial charge on any atom is 0.0663 e. The number of rotatable bonds is 1. The number of pyridine rings is 1. The van der Waals surface area contributed by atoms with Crippen LogP contribution >= 0.6 is 0 Å². The molecule has 0 aromatic carbocycles. The Balaban J connectivity index is 2.29. The molecule has 15 heavy (non-hydrogen) atoms. The first-order chi connectivity index (χ1) is 7.36. The average Bonchev–Trinajstić information content (AvgIpc) is 2.25. The fraction of sp³-hybridized carbons (Fsp3) is 0.231. The summed E-state index contributed by atoms with van der Waals surface area (Å²) in [7, 11) is 0. The van der Waals surface area contributed by atoms with Crippen LogP contribution in [-0.2, 0) is 0 Å². The van der Waals surface area contributed by atoms with Crippen LogP contribution in [0.3, 0.4) is 0 Å². The molecule has 1 aliphatic heterocycles. The molecule has 0 saturated heterocycles. The molecule has 1 atom stereocenters. The molecular formula is C13H14N2. The van der Waals surface area contributed by atoms with Gasteiger partial charge in [0, 0.05) is 24.2 Å². The normalized spacial score (nSPS) is 28.3. The molecule has 2 heterocycles. The third-order valence-electron chi connectivity index (χ3n) is 2.40. The highest BCUT2D eigenvalue weighted by molar-refractivity contribution is 5.80. The monoisotopic (exact) mass is 198 g/mol. The van der Waals surface area contributed by atoms with E-state index in [-0.39, 0.29) is 0 Å². The first kappa shape index (κ1) is 9.84. The molecule has 0 radical (unpaired) electrons. The van der Waals surface area contributed by atoms with Gasteiger partial charge < -0.3 is 0 Å². The summed E-state index contributed by atoms with van der Waals surface area (Å²) in [5, 5.41) is 0. The van der Waals surface area contributed by atoms with Gasteiger partial charge in [-0.15, -0.1) is 0 Å². The maximum atomic E-state index is 4.41. The average molecular weight is 198 g/mol. The van der Waals surface area contributed by atoms with Crippen molar-refractivity contribution in [3.63, 3.8) is 0 Å². The number of aromatic nitrogens is 1. The first-order valence-electron chi connectivity index (χ1n) is 5.17. The Morgan fingerprint density at radius 1 is 1.27 bits per heavy atom. The minimum atomic E-state index is 0.577. The molecule has 2 heteroatoms. The molecule has 2 rings (SSSR count). The molecule has 0 saturated carbocycles. The summed E-state index contributed by atoms with van der Waals surface area (Å²) >= 11 is 0. The number of nitrogens with zero attached hydrogens (tertiary/aromatic N) is 2. The molecule has 0 bridgehead atoms.